The average molecular weight is 424 g/mol. The quantitative estimate of drug-likeness (QED) is 0.690. The van der Waals surface area contributed by atoms with Gasteiger partial charge in [0.15, 0.2) is 0 Å². The third kappa shape index (κ3) is 5.10. The van der Waals surface area contributed by atoms with Crippen LogP contribution in [0.25, 0.3) is 0 Å². The first-order valence-corrected chi connectivity index (χ1v) is 10.7. The van der Waals surface area contributed by atoms with Crippen molar-refractivity contribution in [1.82, 2.24) is 19.8 Å². The number of morpholine rings is 1. The van der Waals surface area contributed by atoms with E-state index in [2.05, 4.69) is 14.8 Å². The highest BCUT2D eigenvalue weighted by Gasteiger charge is 2.42. The number of carbonyl (C=O) groups excluding carboxylic acids is 1. The number of aromatic nitrogens is 2. The number of halogens is 1. The van der Waals surface area contributed by atoms with Gasteiger partial charge in [-0.25, -0.2) is 14.8 Å². The lowest BCUT2D eigenvalue weighted by atomic mass is 10.0. The Kier molecular flexibility index (Phi) is 5.86. The van der Waals surface area contributed by atoms with E-state index in [0.717, 1.165) is 50.9 Å². The number of hydrogen-bond donors (Lipinski definition) is 0. The second-order valence-corrected chi connectivity index (χ2v) is 9.55. The molecule has 3 aliphatic heterocycles. The van der Waals surface area contributed by atoms with Gasteiger partial charge >= 0.3 is 6.09 Å². The van der Waals surface area contributed by atoms with E-state index in [-0.39, 0.29) is 6.09 Å². The first-order chi connectivity index (χ1) is 13.8. The van der Waals surface area contributed by atoms with E-state index in [1.54, 1.807) is 0 Å². The highest BCUT2D eigenvalue weighted by Crippen LogP contribution is 2.32. The minimum absolute atomic E-state index is 0.202. The van der Waals surface area contributed by atoms with Crippen molar-refractivity contribution >= 4 is 23.5 Å². The molecule has 4 heterocycles. The Hall–Kier alpha value is -1.64. The molecule has 2 unspecified atom stereocenters. The fourth-order valence-electron chi connectivity index (χ4n) is 4.37. The van der Waals surface area contributed by atoms with Crippen LogP contribution >= 0.6 is 11.6 Å². The van der Waals surface area contributed by atoms with Crippen LogP contribution in [0.2, 0.25) is 5.15 Å². The number of likely N-dealkylation sites (tertiary alicyclic amines) is 2. The molecule has 3 saturated heterocycles. The van der Waals surface area contributed by atoms with Crippen molar-refractivity contribution in [2.45, 2.75) is 32.9 Å². The van der Waals surface area contributed by atoms with Gasteiger partial charge in [-0.15, -0.1) is 0 Å². The Balaban J connectivity index is 1.34. The molecule has 29 heavy (non-hydrogen) atoms. The smallest absolute Gasteiger partial charge is 0.410 e. The summed E-state index contributed by atoms with van der Waals surface area (Å²) in [5.74, 6) is 2.57. The fourth-order valence-corrected chi connectivity index (χ4v) is 4.57. The zero-order valence-electron chi connectivity index (χ0n) is 17.4. The summed E-state index contributed by atoms with van der Waals surface area (Å²) in [7, 11) is 0. The van der Waals surface area contributed by atoms with Crippen molar-refractivity contribution in [1.29, 1.82) is 0 Å². The van der Waals surface area contributed by atoms with Crippen LogP contribution in [0.3, 0.4) is 0 Å². The molecule has 0 aromatic carbocycles. The molecular formula is C20H30ClN5O3. The molecule has 4 rings (SSSR count). The molecule has 0 N–H and O–H groups in total. The Labute approximate surface area is 177 Å². The zero-order chi connectivity index (χ0) is 20.6. The van der Waals surface area contributed by atoms with Crippen molar-refractivity contribution in [3.05, 3.63) is 17.0 Å². The van der Waals surface area contributed by atoms with Gasteiger partial charge in [-0.3, -0.25) is 4.90 Å². The number of fused-ring (bicyclic) bond motifs is 1. The molecule has 8 nitrogen and oxygen atoms in total. The summed E-state index contributed by atoms with van der Waals surface area (Å²) in [6.07, 6.45) is -0.202. The molecule has 2 atom stereocenters. The van der Waals surface area contributed by atoms with Gasteiger partial charge in [0.1, 0.15) is 22.4 Å². The maximum Gasteiger partial charge on any atom is 0.410 e. The molecule has 1 aromatic heterocycles. The number of anilines is 1. The van der Waals surface area contributed by atoms with E-state index < -0.39 is 5.60 Å². The second kappa shape index (κ2) is 8.24. The fraction of sp³-hybridized carbons (Fsp3) is 0.750. The number of hydrogen-bond acceptors (Lipinski definition) is 7. The highest BCUT2D eigenvalue weighted by atomic mass is 35.5. The van der Waals surface area contributed by atoms with E-state index in [9.17, 15) is 4.79 Å². The van der Waals surface area contributed by atoms with Crippen LogP contribution in [-0.2, 0) is 16.0 Å². The van der Waals surface area contributed by atoms with Crippen molar-refractivity contribution in [2.24, 2.45) is 11.8 Å². The van der Waals surface area contributed by atoms with Crippen LogP contribution in [0, 0.1) is 11.8 Å². The zero-order valence-corrected chi connectivity index (χ0v) is 18.2. The minimum atomic E-state index is -0.455. The number of rotatable bonds is 3. The summed E-state index contributed by atoms with van der Waals surface area (Å²) in [5.41, 5.74) is -0.455. The van der Waals surface area contributed by atoms with Crippen molar-refractivity contribution in [3.8, 4) is 0 Å². The van der Waals surface area contributed by atoms with Crippen molar-refractivity contribution in [2.75, 3.05) is 57.4 Å². The third-order valence-electron chi connectivity index (χ3n) is 5.64. The molecule has 0 saturated carbocycles. The normalized spacial score (nSPS) is 25.4. The molecule has 1 amide bonds. The molecular weight excluding hydrogens is 394 g/mol. The molecule has 3 aliphatic rings. The van der Waals surface area contributed by atoms with Crippen LogP contribution in [0.4, 0.5) is 10.6 Å². The predicted molar refractivity (Wildman–Crippen MR) is 110 cm³/mol. The van der Waals surface area contributed by atoms with E-state index in [0.29, 0.717) is 36.7 Å². The van der Waals surface area contributed by atoms with Crippen LogP contribution in [-0.4, -0.2) is 83.9 Å². The number of amides is 1. The minimum Gasteiger partial charge on any atom is -0.444 e. The molecule has 0 aliphatic carbocycles. The van der Waals surface area contributed by atoms with Gasteiger partial charge in [0.2, 0.25) is 0 Å². The van der Waals surface area contributed by atoms with Crippen molar-refractivity contribution < 1.29 is 14.3 Å². The molecule has 3 fully saturated rings. The average Bonchev–Trinajstić information content (AvgIpc) is 3.19. The SMILES string of the molecule is CC(C)(C)OC(=O)N1CC2CN(Cc3nc(Cl)cc(N4CCOCC4)n3)CC2C1. The Morgan fingerprint density at radius 2 is 1.83 bits per heavy atom. The summed E-state index contributed by atoms with van der Waals surface area (Å²) in [4.78, 5) is 27.9. The summed E-state index contributed by atoms with van der Waals surface area (Å²) in [6.45, 7) is 12.8. The Bertz CT molecular complexity index is 736. The lowest BCUT2D eigenvalue weighted by molar-refractivity contribution is 0.0274. The largest absolute Gasteiger partial charge is 0.444 e. The van der Waals surface area contributed by atoms with Gasteiger partial charge in [-0.05, 0) is 32.6 Å². The van der Waals surface area contributed by atoms with Gasteiger partial charge in [0.25, 0.3) is 0 Å². The van der Waals surface area contributed by atoms with Crippen LogP contribution in [0.15, 0.2) is 6.07 Å². The lowest BCUT2D eigenvalue weighted by Gasteiger charge is -2.28. The van der Waals surface area contributed by atoms with Gasteiger partial charge < -0.3 is 19.3 Å². The first-order valence-electron chi connectivity index (χ1n) is 10.3. The monoisotopic (exact) mass is 423 g/mol. The maximum absolute atomic E-state index is 12.3. The first kappa shape index (κ1) is 20.6. The molecule has 1 aromatic rings. The summed E-state index contributed by atoms with van der Waals surface area (Å²) < 4.78 is 10.9. The molecule has 0 spiro atoms. The maximum atomic E-state index is 12.3. The van der Waals surface area contributed by atoms with E-state index >= 15 is 0 Å². The van der Waals surface area contributed by atoms with Crippen molar-refractivity contribution in [3.63, 3.8) is 0 Å². The predicted octanol–water partition coefficient (Wildman–Crippen LogP) is 2.27. The Morgan fingerprint density at radius 3 is 2.45 bits per heavy atom. The Morgan fingerprint density at radius 1 is 1.17 bits per heavy atom. The standard InChI is InChI=1S/C20H30ClN5O3/c1-20(2,3)29-19(27)26-11-14-9-24(10-15(14)12-26)13-17-22-16(21)8-18(23-17)25-4-6-28-7-5-25/h8,14-15H,4-7,9-13H2,1-3H3. The van der Waals surface area contributed by atoms with E-state index in [1.807, 2.05) is 31.7 Å². The van der Waals surface area contributed by atoms with Gasteiger partial charge in [-0.1, -0.05) is 11.6 Å². The molecule has 9 heteroatoms. The summed E-state index contributed by atoms with van der Waals surface area (Å²) in [5, 5.41) is 0.479. The van der Waals surface area contributed by atoms with Gasteiger partial charge in [0, 0.05) is 45.3 Å². The molecule has 0 radical (unpaired) electrons. The summed E-state index contributed by atoms with van der Waals surface area (Å²) >= 11 is 6.27. The summed E-state index contributed by atoms with van der Waals surface area (Å²) in [6, 6.07) is 1.83. The highest BCUT2D eigenvalue weighted by molar-refractivity contribution is 6.29. The molecule has 160 valence electrons. The van der Waals surface area contributed by atoms with E-state index in [1.165, 1.54) is 0 Å². The van der Waals surface area contributed by atoms with Gasteiger partial charge in [0.05, 0.1) is 19.8 Å². The number of ether oxygens (including phenoxy) is 2. The van der Waals surface area contributed by atoms with Gasteiger partial charge in [-0.2, -0.15) is 0 Å². The second-order valence-electron chi connectivity index (χ2n) is 9.16. The third-order valence-corrected chi connectivity index (χ3v) is 5.83. The topological polar surface area (TPSA) is 71.0 Å². The number of nitrogens with zero attached hydrogens (tertiary/aromatic N) is 5. The van der Waals surface area contributed by atoms with Crippen LogP contribution in [0.5, 0.6) is 0 Å². The molecule has 0 bridgehead atoms. The number of carbonyl (C=O) groups is 1. The van der Waals surface area contributed by atoms with Crippen LogP contribution in [0.1, 0.15) is 26.6 Å². The lowest BCUT2D eigenvalue weighted by Crippen LogP contribution is -2.38. The van der Waals surface area contributed by atoms with E-state index in [4.69, 9.17) is 26.1 Å². The van der Waals surface area contributed by atoms with Crippen LogP contribution < -0.4 is 4.90 Å².